The lowest BCUT2D eigenvalue weighted by atomic mass is 10.1. The minimum atomic E-state index is -1.09. The molecule has 1 aromatic rings. The SMILES string of the molecule is CC(C)Cn1ncnc1CNCC(C)(O)CO. The van der Waals surface area contributed by atoms with Gasteiger partial charge in [0.05, 0.1) is 18.8 Å². The zero-order valence-corrected chi connectivity index (χ0v) is 10.7. The van der Waals surface area contributed by atoms with Crippen molar-refractivity contribution in [3.8, 4) is 0 Å². The van der Waals surface area contributed by atoms with E-state index >= 15 is 0 Å². The van der Waals surface area contributed by atoms with Crippen molar-refractivity contribution in [1.82, 2.24) is 20.1 Å². The van der Waals surface area contributed by atoms with Crippen LogP contribution in [-0.4, -0.2) is 43.7 Å². The van der Waals surface area contributed by atoms with Crippen LogP contribution >= 0.6 is 0 Å². The summed E-state index contributed by atoms with van der Waals surface area (Å²) in [4.78, 5) is 4.16. The van der Waals surface area contributed by atoms with Crippen molar-refractivity contribution in [2.45, 2.75) is 39.5 Å². The van der Waals surface area contributed by atoms with Crippen LogP contribution in [0, 0.1) is 5.92 Å². The fourth-order valence-corrected chi connectivity index (χ4v) is 1.42. The molecule has 0 aliphatic heterocycles. The lowest BCUT2D eigenvalue weighted by molar-refractivity contribution is 0.00236. The van der Waals surface area contributed by atoms with E-state index in [1.54, 1.807) is 6.92 Å². The third-order valence-electron chi connectivity index (χ3n) is 2.36. The summed E-state index contributed by atoms with van der Waals surface area (Å²) in [6.07, 6.45) is 1.53. The predicted molar refractivity (Wildman–Crippen MR) is 64.3 cm³/mol. The van der Waals surface area contributed by atoms with Gasteiger partial charge < -0.3 is 15.5 Å². The number of hydrogen-bond donors (Lipinski definition) is 3. The first-order valence-corrected chi connectivity index (χ1v) is 5.85. The van der Waals surface area contributed by atoms with E-state index in [4.69, 9.17) is 5.11 Å². The highest BCUT2D eigenvalue weighted by Crippen LogP contribution is 2.02. The Labute approximate surface area is 102 Å². The summed E-state index contributed by atoms with van der Waals surface area (Å²) in [6.45, 7) is 7.23. The second kappa shape index (κ2) is 6.09. The quantitative estimate of drug-likeness (QED) is 0.615. The van der Waals surface area contributed by atoms with Crippen LogP contribution in [0.15, 0.2) is 6.33 Å². The predicted octanol–water partition coefficient (Wildman–Crippen LogP) is -0.233. The largest absolute Gasteiger partial charge is 0.393 e. The molecule has 0 radical (unpaired) electrons. The first-order chi connectivity index (χ1) is 7.94. The van der Waals surface area contributed by atoms with Gasteiger partial charge in [-0.15, -0.1) is 0 Å². The van der Waals surface area contributed by atoms with Gasteiger partial charge in [0.15, 0.2) is 0 Å². The molecule has 1 atom stereocenters. The van der Waals surface area contributed by atoms with Crippen molar-refractivity contribution in [2.24, 2.45) is 5.92 Å². The van der Waals surface area contributed by atoms with Crippen LogP contribution in [-0.2, 0) is 13.1 Å². The van der Waals surface area contributed by atoms with Gasteiger partial charge >= 0.3 is 0 Å². The minimum Gasteiger partial charge on any atom is -0.393 e. The summed E-state index contributed by atoms with van der Waals surface area (Å²) in [7, 11) is 0. The molecule has 0 saturated carbocycles. The van der Waals surface area contributed by atoms with Gasteiger partial charge in [-0.25, -0.2) is 9.67 Å². The third kappa shape index (κ3) is 4.80. The Hall–Kier alpha value is -0.980. The minimum absolute atomic E-state index is 0.265. The van der Waals surface area contributed by atoms with Crippen molar-refractivity contribution in [3.05, 3.63) is 12.2 Å². The first-order valence-electron chi connectivity index (χ1n) is 5.85. The summed E-state index contributed by atoms with van der Waals surface area (Å²) < 4.78 is 1.85. The maximum atomic E-state index is 9.61. The normalized spacial score (nSPS) is 15.2. The average Bonchev–Trinajstić information content (AvgIpc) is 2.65. The molecule has 0 aromatic carbocycles. The van der Waals surface area contributed by atoms with Crippen LogP contribution < -0.4 is 5.32 Å². The number of hydrogen-bond acceptors (Lipinski definition) is 5. The molecule has 0 fully saturated rings. The second-order valence-corrected chi connectivity index (χ2v) is 5.01. The fraction of sp³-hybridized carbons (Fsp3) is 0.818. The van der Waals surface area contributed by atoms with Gasteiger partial charge in [-0.1, -0.05) is 13.8 Å². The summed E-state index contributed by atoms with van der Waals surface area (Å²) in [5, 5.41) is 25.7. The van der Waals surface area contributed by atoms with E-state index < -0.39 is 5.60 Å². The zero-order valence-electron chi connectivity index (χ0n) is 10.7. The zero-order chi connectivity index (χ0) is 12.9. The van der Waals surface area contributed by atoms with Crippen LogP contribution in [0.2, 0.25) is 0 Å². The molecular weight excluding hydrogens is 220 g/mol. The van der Waals surface area contributed by atoms with Crippen LogP contribution in [0.4, 0.5) is 0 Å². The van der Waals surface area contributed by atoms with Crippen molar-refractivity contribution in [1.29, 1.82) is 0 Å². The van der Waals surface area contributed by atoms with Crippen molar-refractivity contribution >= 4 is 0 Å². The number of aliphatic hydroxyl groups excluding tert-OH is 1. The summed E-state index contributed by atoms with van der Waals surface area (Å²) in [5.41, 5.74) is -1.09. The van der Waals surface area contributed by atoms with E-state index in [2.05, 4.69) is 29.2 Å². The maximum absolute atomic E-state index is 9.61. The molecule has 0 aliphatic carbocycles. The number of nitrogens with one attached hydrogen (secondary N) is 1. The van der Waals surface area contributed by atoms with E-state index in [-0.39, 0.29) is 6.61 Å². The van der Waals surface area contributed by atoms with Crippen LogP contribution in [0.1, 0.15) is 26.6 Å². The molecule has 98 valence electrons. The molecule has 0 amide bonds. The molecule has 0 bridgehead atoms. The Morgan fingerprint density at radius 3 is 2.82 bits per heavy atom. The molecule has 3 N–H and O–H groups in total. The molecule has 1 aromatic heterocycles. The van der Waals surface area contributed by atoms with Crippen LogP contribution in [0.25, 0.3) is 0 Å². The Morgan fingerprint density at radius 2 is 2.24 bits per heavy atom. The number of aliphatic hydroxyl groups is 2. The standard InChI is InChI=1S/C11H22N4O2/c1-9(2)5-15-10(13-8-14-15)4-12-6-11(3,17)7-16/h8-9,12,16-17H,4-7H2,1-3H3. The van der Waals surface area contributed by atoms with Crippen molar-refractivity contribution < 1.29 is 10.2 Å². The van der Waals surface area contributed by atoms with E-state index in [0.717, 1.165) is 12.4 Å². The molecule has 0 aliphatic rings. The monoisotopic (exact) mass is 242 g/mol. The summed E-state index contributed by atoms with van der Waals surface area (Å²) in [6, 6.07) is 0. The highest BCUT2D eigenvalue weighted by atomic mass is 16.3. The Morgan fingerprint density at radius 1 is 1.53 bits per heavy atom. The van der Waals surface area contributed by atoms with Crippen LogP contribution in [0.3, 0.4) is 0 Å². The number of aromatic nitrogens is 3. The van der Waals surface area contributed by atoms with Gasteiger partial charge in [-0.05, 0) is 12.8 Å². The van der Waals surface area contributed by atoms with E-state index in [1.165, 1.54) is 6.33 Å². The summed E-state index contributed by atoms with van der Waals surface area (Å²) in [5.74, 6) is 1.35. The molecule has 17 heavy (non-hydrogen) atoms. The highest BCUT2D eigenvalue weighted by molar-refractivity contribution is 4.85. The fourth-order valence-electron chi connectivity index (χ4n) is 1.42. The average molecular weight is 242 g/mol. The summed E-state index contributed by atoms with van der Waals surface area (Å²) >= 11 is 0. The molecule has 6 heteroatoms. The Balaban J connectivity index is 2.44. The van der Waals surface area contributed by atoms with Crippen LogP contribution in [0.5, 0.6) is 0 Å². The van der Waals surface area contributed by atoms with Gasteiger partial charge in [0.25, 0.3) is 0 Å². The Kier molecular flexibility index (Phi) is 5.04. The van der Waals surface area contributed by atoms with Gasteiger partial charge in [-0.2, -0.15) is 5.10 Å². The van der Waals surface area contributed by atoms with E-state index in [0.29, 0.717) is 19.0 Å². The smallest absolute Gasteiger partial charge is 0.140 e. The molecule has 1 unspecified atom stereocenters. The van der Waals surface area contributed by atoms with E-state index in [9.17, 15) is 5.11 Å². The first kappa shape index (κ1) is 14.1. The van der Waals surface area contributed by atoms with Gasteiger partial charge in [-0.3, -0.25) is 0 Å². The topological polar surface area (TPSA) is 83.2 Å². The number of nitrogens with zero attached hydrogens (tertiary/aromatic N) is 3. The van der Waals surface area contributed by atoms with Gasteiger partial charge in [0.2, 0.25) is 0 Å². The molecular formula is C11H22N4O2. The second-order valence-electron chi connectivity index (χ2n) is 5.01. The number of rotatable bonds is 7. The maximum Gasteiger partial charge on any atom is 0.140 e. The molecule has 0 saturated heterocycles. The molecule has 1 rings (SSSR count). The molecule has 1 heterocycles. The van der Waals surface area contributed by atoms with E-state index in [1.807, 2.05) is 4.68 Å². The lowest BCUT2D eigenvalue weighted by Crippen LogP contribution is -2.41. The van der Waals surface area contributed by atoms with Gasteiger partial charge in [0.1, 0.15) is 12.2 Å². The molecule has 0 spiro atoms. The lowest BCUT2D eigenvalue weighted by Gasteiger charge is -2.20. The highest BCUT2D eigenvalue weighted by Gasteiger charge is 2.18. The van der Waals surface area contributed by atoms with Gasteiger partial charge in [0, 0.05) is 13.1 Å². The van der Waals surface area contributed by atoms with Crippen molar-refractivity contribution in [2.75, 3.05) is 13.2 Å². The Bertz CT molecular complexity index is 336. The van der Waals surface area contributed by atoms with Crippen molar-refractivity contribution in [3.63, 3.8) is 0 Å². The third-order valence-corrected chi connectivity index (χ3v) is 2.36. The molecule has 6 nitrogen and oxygen atoms in total.